The number of carboxylic acid groups (broad SMARTS) is 1. The van der Waals surface area contributed by atoms with E-state index in [0.29, 0.717) is 11.4 Å². The number of carbonyl (C=O) groups is 1. The highest BCUT2D eigenvalue weighted by Crippen LogP contribution is 2.17. The number of thiophene rings is 1. The van der Waals surface area contributed by atoms with E-state index in [2.05, 4.69) is 4.98 Å². The van der Waals surface area contributed by atoms with Crippen LogP contribution >= 0.6 is 11.3 Å². The van der Waals surface area contributed by atoms with Gasteiger partial charge in [-0.2, -0.15) is 0 Å². The molecule has 0 amide bonds. The highest BCUT2D eigenvalue weighted by molar-refractivity contribution is 7.13. The SMILES string of the molecule is Cc1nccn1Cc1ccc(C(=O)O)s1. The third kappa shape index (κ3) is 2.07. The summed E-state index contributed by atoms with van der Waals surface area (Å²) in [6, 6.07) is 3.47. The molecule has 4 nitrogen and oxygen atoms in total. The number of carboxylic acids is 1. The molecule has 1 N–H and O–H groups in total. The van der Waals surface area contributed by atoms with Gasteiger partial charge in [-0.15, -0.1) is 11.3 Å². The number of aromatic nitrogens is 2. The molecule has 0 saturated carbocycles. The van der Waals surface area contributed by atoms with Gasteiger partial charge in [0.05, 0.1) is 6.54 Å². The Bertz CT molecular complexity index is 487. The molecule has 2 heterocycles. The molecule has 78 valence electrons. The largest absolute Gasteiger partial charge is 0.477 e. The molecule has 0 saturated heterocycles. The van der Waals surface area contributed by atoms with Gasteiger partial charge < -0.3 is 9.67 Å². The lowest BCUT2D eigenvalue weighted by Gasteiger charge is -2.01. The smallest absolute Gasteiger partial charge is 0.345 e. The lowest BCUT2D eigenvalue weighted by molar-refractivity contribution is 0.0702. The van der Waals surface area contributed by atoms with E-state index < -0.39 is 5.97 Å². The predicted molar refractivity (Wildman–Crippen MR) is 57.3 cm³/mol. The van der Waals surface area contributed by atoms with E-state index in [1.54, 1.807) is 12.3 Å². The summed E-state index contributed by atoms with van der Waals surface area (Å²) in [5.74, 6) is 0.0638. The average molecular weight is 222 g/mol. The van der Waals surface area contributed by atoms with Gasteiger partial charge in [0.15, 0.2) is 0 Å². The minimum absolute atomic E-state index is 0.378. The fourth-order valence-corrected chi connectivity index (χ4v) is 2.16. The zero-order valence-electron chi connectivity index (χ0n) is 8.17. The van der Waals surface area contributed by atoms with Gasteiger partial charge in [0.2, 0.25) is 0 Å². The summed E-state index contributed by atoms with van der Waals surface area (Å²) in [4.78, 5) is 16.2. The van der Waals surface area contributed by atoms with Gasteiger partial charge in [0, 0.05) is 17.3 Å². The van der Waals surface area contributed by atoms with Crippen LogP contribution in [0, 0.1) is 6.92 Å². The molecule has 0 unspecified atom stereocenters. The number of aromatic carboxylic acids is 1. The maximum atomic E-state index is 10.7. The highest BCUT2D eigenvalue weighted by atomic mass is 32.1. The van der Waals surface area contributed by atoms with Crippen molar-refractivity contribution in [1.82, 2.24) is 9.55 Å². The Labute approximate surface area is 90.8 Å². The van der Waals surface area contributed by atoms with Gasteiger partial charge in [-0.25, -0.2) is 9.78 Å². The third-order valence-electron chi connectivity index (χ3n) is 2.12. The van der Waals surface area contributed by atoms with Gasteiger partial charge >= 0.3 is 5.97 Å². The topological polar surface area (TPSA) is 55.1 Å². The Hall–Kier alpha value is -1.62. The Morgan fingerprint density at radius 1 is 1.60 bits per heavy atom. The molecule has 0 aromatic carbocycles. The number of rotatable bonds is 3. The first-order chi connectivity index (χ1) is 7.16. The van der Waals surface area contributed by atoms with Crippen molar-refractivity contribution in [3.63, 3.8) is 0 Å². The van der Waals surface area contributed by atoms with Crippen molar-refractivity contribution >= 4 is 17.3 Å². The van der Waals surface area contributed by atoms with Crippen LogP contribution < -0.4 is 0 Å². The van der Waals surface area contributed by atoms with Crippen molar-refractivity contribution < 1.29 is 9.90 Å². The van der Waals surface area contributed by atoms with Crippen LogP contribution in [0.4, 0.5) is 0 Å². The molecule has 0 aliphatic carbocycles. The van der Waals surface area contributed by atoms with Crippen molar-refractivity contribution in [3.05, 3.63) is 40.1 Å². The molecule has 5 heteroatoms. The van der Waals surface area contributed by atoms with Gasteiger partial charge in [-0.05, 0) is 19.1 Å². The summed E-state index contributed by atoms with van der Waals surface area (Å²) in [5, 5.41) is 8.77. The van der Waals surface area contributed by atoms with Crippen LogP contribution in [-0.2, 0) is 6.54 Å². The van der Waals surface area contributed by atoms with Crippen LogP contribution in [0.25, 0.3) is 0 Å². The van der Waals surface area contributed by atoms with Crippen LogP contribution in [0.5, 0.6) is 0 Å². The summed E-state index contributed by atoms with van der Waals surface area (Å²) >= 11 is 1.30. The second kappa shape index (κ2) is 3.86. The molecule has 0 spiro atoms. The van der Waals surface area contributed by atoms with E-state index in [1.807, 2.05) is 23.8 Å². The van der Waals surface area contributed by atoms with E-state index in [9.17, 15) is 4.79 Å². The normalized spacial score (nSPS) is 10.5. The molecule has 2 aromatic rings. The number of hydrogen-bond donors (Lipinski definition) is 1. The van der Waals surface area contributed by atoms with E-state index in [4.69, 9.17) is 5.11 Å². The zero-order valence-corrected chi connectivity index (χ0v) is 8.99. The molecule has 2 rings (SSSR count). The van der Waals surface area contributed by atoms with Crippen LogP contribution in [0.3, 0.4) is 0 Å². The summed E-state index contributed by atoms with van der Waals surface area (Å²) in [6.45, 7) is 2.61. The predicted octanol–water partition coefficient (Wildman–Crippen LogP) is 2.00. The first-order valence-electron chi connectivity index (χ1n) is 4.46. The fraction of sp³-hybridized carbons (Fsp3) is 0.200. The maximum absolute atomic E-state index is 10.7. The second-order valence-corrected chi connectivity index (χ2v) is 4.34. The lowest BCUT2D eigenvalue weighted by atomic mass is 10.4. The van der Waals surface area contributed by atoms with Crippen LogP contribution in [-0.4, -0.2) is 20.6 Å². The standard InChI is InChI=1S/C10H10N2O2S/c1-7-11-4-5-12(7)6-8-2-3-9(15-8)10(13)14/h2-5H,6H2,1H3,(H,13,14). The quantitative estimate of drug-likeness (QED) is 0.864. The number of imidazole rings is 1. The molecular formula is C10H10N2O2S. The summed E-state index contributed by atoms with van der Waals surface area (Å²) < 4.78 is 1.98. The molecule has 0 atom stereocenters. The second-order valence-electron chi connectivity index (χ2n) is 3.17. The van der Waals surface area contributed by atoms with E-state index in [-0.39, 0.29) is 0 Å². The molecule has 2 aromatic heterocycles. The zero-order chi connectivity index (χ0) is 10.8. The van der Waals surface area contributed by atoms with E-state index in [0.717, 1.165) is 10.7 Å². The molecule has 15 heavy (non-hydrogen) atoms. The summed E-state index contributed by atoms with van der Waals surface area (Å²) in [6.07, 6.45) is 3.62. The minimum Gasteiger partial charge on any atom is -0.477 e. The molecule has 0 bridgehead atoms. The molecular weight excluding hydrogens is 212 g/mol. The van der Waals surface area contributed by atoms with Crippen LogP contribution in [0.1, 0.15) is 20.4 Å². The Balaban J connectivity index is 2.18. The van der Waals surface area contributed by atoms with Crippen molar-refractivity contribution in [2.24, 2.45) is 0 Å². The molecule has 0 aliphatic heterocycles. The van der Waals surface area contributed by atoms with Crippen LogP contribution in [0.15, 0.2) is 24.5 Å². The molecule has 0 aliphatic rings. The summed E-state index contributed by atoms with van der Waals surface area (Å²) in [7, 11) is 0. The van der Waals surface area contributed by atoms with Gasteiger partial charge in [0.1, 0.15) is 10.7 Å². The minimum atomic E-state index is -0.867. The number of nitrogens with zero attached hydrogens (tertiary/aromatic N) is 2. The van der Waals surface area contributed by atoms with Gasteiger partial charge in [-0.3, -0.25) is 0 Å². The van der Waals surface area contributed by atoms with E-state index >= 15 is 0 Å². The van der Waals surface area contributed by atoms with Gasteiger partial charge in [0.25, 0.3) is 0 Å². The Morgan fingerprint density at radius 2 is 2.40 bits per heavy atom. The first-order valence-corrected chi connectivity index (χ1v) is 5.28. The highest BCUT2D eigenvalue weighted by Gasteiger charge is 2.07. The Kier molecular flexibility index (Phi) is 2.55. The lowest BCUT2D eigenvalue weighted by Crippen LogP contribution is -1.98. The molecule has 0 radical (unpaired) electrons. The van der Waals surface area contributed by atoms with Crippen LogP contribution in [0.2, 0.25) is 0 Å². The number of hydrogen-bond acceptors (Lipinski definition) is 3. The number of aryl methyl sites for hydroxylation is 1. The van der Waals surface area contributed by atoms with Gasteiger partial charge in [-0.1, -0.05) is 0 Å². The third-order valence-corrected chi connectivity index (χ3v) is 3.18. The Morgan fingerprint density at radius 3 is 2.93 bits per heavy atom. The maximum Gasteiger partial charge on any atom is 0.345 e. The van der Waals surface area contributed by atoms with Crippen molar-refractivity contribution in [2.45, 2.75) is 13.5 Å². The van der Waals surface area contributed by atoms with Crippen molar-refractivity contribution in [3.8, 4) is 0 Å². The van der Waals surface area contributed by atoms with Crippen molar-refractivity contribution in [2.75, 3.05) is 0 Å². The fourth-order valence-electron chi connectivity index (χ4n) is 1.32. The molecule has 0 fully saturated rings. The first kappa shape index (κ1) is 9.92. The van der Waals surface area contributed by atoms with E-state index in [1.165, 1.54) is 11.3 Å². The average Bonchev–Trinajstić information content (AvgIpc) is 2.77. The monoisotopic (exact) mass is 222 g/mol. The van der Waals surface area contributed by atoms with Crippen molar-refractivity contribution in [1.29, 1.82) is 0 Å². The summed E-state index contributed by atoms with van der Waals surface area (Å²) in [5.41, 5.74) is 0.